The molecule has 0 N–H and O–H groups in total. The van der Waals surface area contributed by atoms with Crippen LogP contribution < -0.4 is 4.90 Å². The molecule has 1 fully saturated rings. The number of aromatic nitrogens is 1. The monoisotopic (exact) mass is 530 g/mol. The Hall–Kier alpha value is -1.62. The van der Waals surface area contributed by atoms with E-state index in [0.29, 0.717) is 31.3 Å². The van der Waals surface area contributed by atoms with E-state index in [1.807, 2.05) is 29.2 Å². The van der Waals surface area contributed by atoms with Crippen molar-refractivity contribution in [3.63, 3.8) is 0 Å². The van der Waals surface area contributed by atoms with Crippen LogP contribution in [-0.2, 0) is 14.6 Å². The largest absolute Gasteiger partial charge is 0.419 e. The summed E-state index contributed by atoms with van der Waals surface area (Å²) in [5, 5.41) is 0.374. The summed E-state index contributed by atoms with van der Waals surface area (Å²) >= 11 is 8.09. The molecule has 0 unspecified atom stereocenters. The van der Waals surface area contributed by atoms with Crippen LogP contribution in [0.2, 0.25) is 5.02 Å². The van der Waals surface area contributed by atoms with Crippen LogP contribution >= 0.6 is 34.2 Å². The van der Waals surface area contributed by atoms with E-state index in [2.05, 4.69) is 27.6 Å². The molecule has 2 aromatic carbocycles. The van der Waals surface area contributed by atoms with Gasteiger partial charge in [0.1, 0.15) is 0 Å². The maximum Gasteiger partial charge on any atom is 0.236 e. The summed E-state index contributed by atoms with van der Waals surface area (Å²) in [6.45, 7) is 2.06. The van der Waals surface area contributed by atoms with Gasteiger partial charge in [-0.2, -0.15) is 4.98 Å². The van der Waals surface area contributed by atoms with E-state index in [-0.39, 0.29) is 21.7 Å². The van der Waals surface area contributed by atoms with Crippen LogP contribution in [0.4, 0.5) is 5.88 Å². The predicted octanol–water partition coefficient (Wildman–Crippen LogP) is 4.27. The van der Waals surface area contributed by atoms with Crippen LogP contribution in [0.25, 0.3) is 11.5 Å². The van der Waals surface area contributed by atoms with Crippen molar-refractivity contribution in [3.05, 3.63) is 57.1 Å². The molecule has 3 aromatic rings. The number of morpholine rings is 1. The number of hydrogen-bond acceptors (Lipinski definition) is 6. The fraction of sp³-hybridized carbons (Fsp3) is 0.211. The molecule has 0 atom stereocenters. The van der Waals surface area contributed by atoms with Crippen LogP contribution in [0.3, 0.4) is 0 Å². The Bertz CT molecular complexity index is 1090. The highest BCUT2D eigenvalue weighted by Gasteiger charge is 2.32. The van der Waals surface area contributed by atoms with Gasteiger partial charge < -0.3 is 14.1 Å². The summed E-state index contributed by atoms with van der Waals surface area (Å²) in [4.78, 5) is 6.39. The van der Waals surface area contributed by atoms with Gasteiger partial charge in [-0.15, -0.1) is 0 Å². The predicted molar refractivity (Wildman–Crippen MR) is 115 cm³/mol. The second-order valence-corrected chi connectivity index (χ2v) is 9.63. The van der Waals surface area contributed by atoms with Crippen molar-refractivity contribution in [1.29, 1.82) is 0 Å². The zero-order chi connectivity index (χ0) is 19.7. The Labute approximate surface area is 181 Å². The van der Waals surface area contributed by atoms with Crippen molar-refractivity contribution in [3.8, 4) is 11.5 Å². The molecule has 1 aliphatic heterocycles. The third-order valence-electron chi connectivity index (χ3n) is 4.36. The number of oxazole rings is 1. The van der Waals surface area contributed by atoms with E-state index in [9.17, 15) is 8.42 Å². The summed E-state index contributed by atoms with van der Waals surface area (Å²) in [5.74, 6) is 0.520. The Balaban J connectivity index is 1.87. The van der Waals surface area contributed by atoms with Crippen molar-refractivity contribution in [2.24, 2.45) is 0 Å². The molecule has 0 radical (unpaired) electrons. The van der Waals surface area contributed by atoms with Crippen LogP contribution in [0.15, 0.2) is 62.9 Å². The summed E-state index contributed by atoms with van der Waals surface area (Å²) in [6, 6.07) is 13.6. The van der Waals surface area contributed by atoms with Crippen LogP contribution in [0, 0.1) is 3.57 Å². The standard InChI is InChI=1S/C19H16ClIN2O4S/c20-13-5-7-14(8-6-13)28(24,25)18-19(23-9-11-26-12-10-23)27-17(22-18)15-3-1-2-4-16(15)21/h1-8H,9-12H2. The van der Waals surface area contributed by atoms with E-state index in [0.717, 1.165) is 9.13 Å². The number of hydrogen-bond donors (Lipinski definition) is 0. The molecule has 1 aromatic heterocycles. The first-order valence-electron chi connectivity index (χ1n) is 8.56. The number of sulfone groups is 1. The maximum absolute atomic E-state index is 13.3. The van der Waals surface area contributed by atoms with Crippen molar-refractivity contribution in [1.82, 2.24) is 4.98 Å². The fourth-order valence-electron chi connectivity index (χ4n) is 2.91. The lowest BCUT2D eigenvalue weighted by molar-refractivity contribution is 0.120. The molecule has 9 heteroatoms. The van der Waals surface area contributed by atoms with E-state index >= 15 is 0 Å². The normalized spacial score (nSPS) is 15.0. The highest BCUT2D eigenvalue weighted by Crippen LogP contribution is 2.36. The summed E-state index contributed by atoms with van der Waals surface area (Å²) in [7, 11) is -3.88. The second kappa shape index (κ2) is 8.02. The van der Waals surface area contributed by atoms with Crippen molar-refractivity contribution >= 4 is 49.9 Å². The molecule has 1 saturated heterocycles. The molecule has 0 saturated carbocycles. The van der Waals surface area contributed by atoms with Gasteiger partial charge in [-0.25, -0.2) is 8.42 Å². The van der Waals surface area contributed by atoms with Gasteiger partial charge in [-0.3, -0.25) is 0 Å². The molecular weight excluding hydrogens is 515 g/mol. The lowest BCUT2D eigenvalue weighted by atomic mass is 10.2. The van der Waals surface area contributed by atoms with E-state index in [1.54, 1.807) is 12.1 Å². The molecule has 146 valence electrons. The van der Waals surface area contributed by atoms with Gasteiger partial charge in [-0.05, 0) is 59.0 Å². The lowest BCUT2D eigenvalue weighted by Gasteiger charge is -2.26. The zero-order valence-corrected chi connectivity index (χ0v) is 18.4. The van der Waals surface area contributed by atoms with Crippen LogP contribution in [0.5, 0.6) is 0 Å². The smallest absolute Gasteiger partial charge is 0.236 e. The van der Waals surface area contributed by atoms with Gasteiger partial charge in [0.15, 0.2) is 0 Å². The molecule has 0 aliphatic carbocycles. The minimum Gasteiger partial charge on any atom is -0.419 e. The number of nitrogens with zero attached hydrogens (tertiary/aromatic N) is 2. The lowest BCUT2D eigenvalue weighted by Crippen LogP contribution is -2.36. The number of halogens is 2. The topological polar surface area (TPSA) is 72.6 Å². The van der Waals surface area contributed by atoms with E-state index in [1.165, 1.54) is 12.1 Å². The highest BCUT2D eigenvalue weighted by atomic mass is 127. The van der Waals surface area contributed by atoms with Gasteiger partial charge in [0.2, 0.25) is 26.6 Å². The SMILES string of the molecule is O=S(=O)(c1ccc(Cl)cc1)c1nc(-c2ccccc2I)oc1N1CCOCC1. The average Bonchev–Trinajstić information content (AvgIpc) is 3.15. The Kier molecular flexibility index (Phi) is 5.64. The number of ether oxygens (including phenoxy) is 1. The summed E-state index contributed by atoms with van der Waals surface area (Å²) in [5.41, 5.74) is 0.746. The third-order valence-corrected chi connectivity index (χ3v) is 7.22. The summed E-state index contributed by atoms with van der Waals surface area (Å²) < 4.78 is 38.9. The first-order chi connectivity index (χ1) is 13.5. The Morgan fingerprint density at radius 3 is 2.39 bits per heavy atom. The quantitative estimate of drug-likeness (QED) is 0.469. The molecule has 4 rings (SSSR count). The van der Waals surface area contributed by atoms with Crippen molar-refractivity contribution in [2.75, 3.05) is 31.2 Å². The number of rotatable bonds is 4. The maximum atomic E-state index is 13.3. The average molecular weight is 531 g/mol. The summed E-state index contributed by atoms with van der Waals surface area (Å²) in [6.07, 6.45) is 0. The number of benzene rings is 2. The zero-order valence-electron chi connectivity index (χ0n) is 14.6. The molecule has 0 bridgehead atoms. The minimum atomic E-state index is -3.88. The molecular formula is C19H16ClIN2O4S. The number of anilines is 1. The van der Waals surface area contributed by atoms with E-state index in [4.69, 9.17) is 20.8 Å². The molecule has 1 aliphatic rings. The first-order valence-corrected chi connectivity index (χ1v) is 11.5. The van der Waals surface area contributed by atoms with Crippen LogP contribution in [-0.4, -0.2) is 39.7 Å². The van der Waals surface area contributed by atoms with Crippen molar-refractivity contribution in [2.45, 2.75) is 9.92 Å². The van der Waals surface area contributed by atoms with Gasteiger partial charge in [0.25, 0.3) is 0 Å². The fourth-order valence-corrected chi connectivity index (χ4v) is 4.98. The molecule has 0 amide bonds. The van der Waals surface area contributed by atoms with Gasteiger partial charge in [0, 0.05) is 21.7 Å². The van der Waals surface area contributed by atoms with Crippen molar-refractivity contribution < 1.29 is 17.6 Å². The minimum absolute atomic E-state index is 0.0913. The molecule has 6 nitrogen and oxygen atoms in total. The highest BCUT2D eigenvalue weighted by molar-refractivity contribution is 14.1. The molecule has 28 heavy (non-hydrogen) atoms. The molecule has 0 spiro atoms. The Morgan fingerprint density at radius 2 is 1.71 bits per heavy atom. The van der Waals surface area contributed by atoms with Gasteiger partial charge in [0.05, 0.1) is 23.7 Å². The van der Waals surface area contributed by atoms with Crippen LogP contribution in [0.1, 0.15) is 0 Å². The second-order valence-electron chi connectivity index (χ2n) is 6.17. The van der Waals surface area contributed by atoms with Gasteiger partial charge >= 0.3 is 0 Å². The third kappa shape index (κ3) is 3.78. The Morgan fingerprint density at radius 1 is 1.04 bits per heavy atom. The van der Waals surface area contributed by atoms with Gasteiger partial charge in [-0.1, -0.05) is 23.7 Å². The molecule has 2 heterocycles. The van der Waals surface area contributed by atoms with E-state index < -0.39 is 9.84 Å². The first kappa shape index (κ1) is 19.7.